The standard InChI is InChI=1S/C22H38N6/c1-4-26(5-2)20-11-15-28(18-20)22(23-3)25-17-19-10-12-24-21(16-19)27-13-8-6-7-9-14-27/h10,12,16,20H,4-9,11,13-15,17-18H2,1-3H3,(H,23,25). The van der Waals surface area contributed by atoms with Gasteiger partial charge in [-0.05, 0) is 50.0 Å². The highest BCUT2D eigenvalue weighted by molar-refractivity contribution is 5.80. The van der Waals surface area contributed by atoms with Gasteiger partial charge in [-0.3, -0.25) is 9.89 Å². The van der Waals surface area contributed by atoms with E-state index in [0.29, 0.717) is 6.04 Å². The zero-order valence-electron chi connectivity index (χ0n) is 18.0. The van der Waals surface area contributed by atoms with E-state index < -0.39 is 0 Å². The first-order valence-corrected chi connectivity index (χ1v) is 11.1. The SMILES string of the molecule is CCN(CC)C1CCN(C(=NC)NCc2ccnc(N3CCCCCC3)c2)C1. The van der Waals surface area contributed by atoms with Crippen LogP contribution in [0.1, 0.15) is 51.5 Å². The Hall–Kier alpha value is -1.82. The van der Waals surface area contributed by atoms with Crippen LogP contribution in [0.3, 0.4) is 0 Å². The maximum atomic E-state index is 4.63. The van der Waals surface area contributed by atoms with Crippen LogP contribution in [0.25, 0.3) is 0 Å². The van der Waals surface area contributed by atoms with Crippen LogP contribution in [0.15, 0.2) is 23.3 Å². The van der Waals surface area contributed by atoms with Crippen molar-refractivity contribution in [3.8, 4) is 0 Å². The number of pyridine rings is 1. The molecule has 6 heteroatoms. The minimum Gasteiger partial charge on any atom is -0.357 e. The molecule has 1 unspecified atom stereocenters. The van der Waals surface area contributed by atoms with E-state index in [1.54, 1.807) is 0 Å². The summed E-state index contributed by atoms with van der Waals surface area (Å²) in [5.74, 6) is 2.14. The van der Waals surface area contributed by atoms with E-state index in [1.807, 2.05) is 13.2 Å². The Balaban J connectivity index is 1.56. The number of guanidine groups is 1. The van der Waals surface area contributed by atoms with Gasteiger partial charge in [-0.1, -0.05) is 26.7 Å². The van der Waals surface area contributed by atoms with Gasteiger partial charge in [-0.25, -0.2) is 4.98 Å². The van der Waals surface area contributed by atoms with E-state index >= 15 is 0 Å². The lowest BCUT2D eigenvalue weighted by molar-refractivity contribution is 0.223. The average molecular weight is 387 g/mol. The van der Waals surface area contributed by atoms with Crippen molar-refractivity contribution >= 4 is 11.8 Å². The first-order valence-electron chi connectivity index (χ1n) is 11.1. The van der Waals surface area contributed by atoms with E-state index in [1.165, 1.54) is 37.7 Å². The summed E-state index contributed by atoms with van der Waals surface area (Å²) in [4.78, 5) is 16.6. The fourth-order valence-corrected chi connectivity index (χ4v) is 4.53. The summed E-state index contributed by atoms with van der Waals surface area (Å²) in [6, 6.07) is 5.00. The minimum absolute atomic E-state index is 0.643. The number of rotatable bonds is 6. The lowest BCUT2D eigenvalue weighted by atomic mass is 10.2. The largest absolute Gasteiger partial charge is 0.357 e. The smallest absolute Gasteiger partial charge is 0.193 e. The van der Waals surface area contributed by atoms with Gasteiger partial charge in [0.2, 0.25) is 0 Å². The molecule has 0 amide bonds. The minimum atomic E-state index is 0.643. The molecular weight excluding hydrogens is 348 g/mol. The second-order valence-corrected chi connectivity index (χ2v) is 7.93. The fraction of sp³-hybridized carbons (Fsp3) is 0.727. The number of likely N-dealkylation sites (N-methyl/N-ethyl adjacent to an activating group) is 1. The third-order valence-corrected chi connectivity index (χ3v) is 6.19. The fourth-order valence-electron chi connectivity index (χ4n) is 4.53. The molecule has 156 valence electrons. The van der Waals surface area contributed by atoms with Crippen LogP contribution < -0.4 is 10.2 Å². The summed E-state index contributed by atoms with van der Waals surface area (Å²) < 4.78 is 0. The Labute approximate surface area is 171 Å². The lowest BCUT2D eigenvalue weighted by Crippen LogP contribution is -2.43. The molecule has 2 aliphatic heterocycles. The molecule has 1 aromatic heterocycles. The molecule has 0 spiro atoms. The Morgan fingerprint density at radius 3 is 2.61 bits per heavy atom. The number of anilines is 1. The van der Waals surface area contributed by atoms with Gasteiger partial charge < -0.3 is 15.1 Å². The zero-order valence-corrected chi connectivity index (χ0v) is 18.0. The Bertz CT molecular complexity index is 619. The molecule has 28 heavy (non-hydrogen) atoms. The topological polar surface area (TPSA) is 47.0 Å². The molecule has 3 rings (SSSR count). The van der Waals surface area contributed by atoms with Gasteiger partial charge in [0.15, 0.2) is 5.96 Å². The third kappa shape index (κ3) is 5.37. The predicted molar refractivity (Wildman–Crippen MR) is 118 cm³/mol. The number of hydrogen-bond acceptors (Lipinski definition) is 4. The zero-order chi connectivity index (χ0) is 19.8. The molecule has 1 N–H and O–H groups in total. The lowest BCUT2D eigenvalue weighted by Gasteiger charge is -2.27. The summed E-state index contributed by atoms with van der Waals surface area (Å²) in [7, 11) is 1.89. The van der Waals surface area contributed by atoms with Gasteiger partial charge in [0, 0.05) is 52.0 Å². The maximum Gasteiger partial charge on any atom is 0.193 e. The Kier molecular flexibility index (Phi) is 7.95. The Morgan fingerprint density at radius 1 is 1.18 bits per heavy atom. The van der Waals surface area contributed by atoms with Crippen molar-refractivity contribution in [3.05, 3.63) is 23.9 Å². The first kappa shape index (κ1) is 20.9. The summed E-state index contributed by atoms with van der Waals surface area (Å²) in [5.41, 5.74) is 1.27. The van der Waals surface area contributed by atoms with Crippen molar-refractivity contribution in [3.63, 3.8) is 0 Å². The number of nitrogens with one attached hydrogen (secondary N) is 1. The highest BCUT2D eigenvalue weighted by atomic mass is 15.3. The van der Waals surface area contributed by atoms with Gasteiger partial charge in [-0.2, -0.15) is 0 Å². The molecular formula is C22H38N6. The van der Waals surface area contributed by atoms with E-state index in [4.69, 9.17) is 0 Å². The van der Waals surface area contributed by atoms with Crippen LogP contribution in [0.2, 0.25) is 0 Å². The van der Waals surface area contributed by atoms with Crippen LogP contribution in [0.5, 0.6) is 0 Å². The van der Waals surface area contributed by atoms with Gasteiger partial charge in [-0.15, -0.1) is 0 Å². The quantitative estimate of drug-likeness (QED) is 0.602. The van der Waals surface area contributed by atoms with Crippen LogP contribution in [-0.4, -0.2) is 73.1 Å². The number of aromatic nitrogens is 1. The van der Waals surface area contributed by atoms with Crippen LogP contribution in [0.4, 0.5) is 5.82 Å². The number of hydrogen-bond donors (Lipinski definition) is 1. The number of aliphatic imine (C=N–C) groups is 1. The monoisotopic (exact) mass is 386 g/mol. The van der Waals surface area contributed by atoms with Gasteiger partial charge in [0.05, 0.1) is 0 Å². The molecule has 2 fully saturated rings. The molecule has 6 nitrogen and oxygen atoms in total. The maximum absolute atomic E-state index is 4.63. The van der Waals surface area contributed by atoms with Gasteiger partial charge >= 0.3 is 0 Å². The molecule has 1 aromatic rings. The highest BCUT2D eigenvalue weighted by Gasteiger charge is 2.27. The van der Waals surface area contributed by atoms with Crippen molar-refractivity contribution in [1.29, 1.82) is 0 Å². The van der Waals surface area contributed by atoms with Crippen molar-refractivity contribution in [2.45, 2.75) is 58.5 Å². The predicted octanol–water partition coefficient (Wildman–Crippen LogP) is 2.95. The second-order valence-electron chi connectivity index (χ2n) is 7.93. The van der Waals surface area contributed by atoms with Crippen LogP contribution in [-0.2, 0) is 6.54 Å². The third-order valence-electron chi connectivity index (χ3n) is 6.19. The molecule has 2 saturated heterocycles. The molecule has 2 aliphatic rings. The number of nitrogens with zero attached hydrogens (tertiary/aromatic N) is 5. The molecule has 0 radical (unpaired) electrons. The van der Waals surface area contributed by atoms with E-state index in [9.17, 15) is 0 Å². The molecule has 0 aliphatic carbocycles. The summed E-state index contributed by atoms with van der Waals surface area (Å²) >= 11 is 0. The average Bonchev–Trinajstić information content (AvgIpc) is 3.04. The summed E-state index contributed by atoms with van der Waals surface area (Å²) in [6.07, 6.45) is 8.42. The molecule has 0 aromatic carbocycles. The van der Waals surface area contributed by atoms with Crippen LogP contribution in [0, 0.1) is 0 Å². The highest BCUT2D eigenvalue weighted by Crippen LogP contribution is 2.19. The molecule has 0 bridgehead atoms. The molecule has 0 saturated carbocycles. The normalized spacial score (nSPS) is 21.3. The van der Waals surface area contributed by atoms with Gasteiger partial charge in [0.25, 0.3) is 0 Å². The summed E-state index contributed by atoms with van der Waals surface area (Å²) in [6.45, 7) is 12.0. The van der Waals surface area contributed by atoms with Crippen molar-refractivity contribution in [2.24, 2.45) is 4.99 Å². The second kappa shape index (κ2) is 10.6. The molecule has 1 atom stereocenters. The van der Waals surface area contributed by atoms with Crippen molar-refractivity contribution < 1.29 is 0 Å². The Morgan fingerprint density at radius 2 is 1.93 bits per heavy atom. The first-order chi connectivity index (χ1) is 13.7. The van der Waals surface area contributed by atoms with Crippen molar-refractivity contribution in [1.82, 2.24) is 20.1 Å². The van der Waals surface area contributed by atoms with E-state index in [2.05, 4.69) is 56.0 Å². The summed E-state index contributed by atoms with van der Waals surface area (Å²) in [5, 5.41) is 3.58. The number of likely N-dealkylation sites (tertiary alicyclic amines) is 1. The van der Waals surface area contributed by atoms with E-state index in [0.717, 1.165) is 57.6 Å². The molecule has 3 heterocycles. The van der Waals surface area contributed by atoms with E-state index in [-0.39, 0.29) is 0 Å². The van der Waals surface area contributed by atoms with Gasteiger partial charge in [0.1, 0.15) is 5.82 Å². The van der Waals surface area contributed by atoms with Crippen molar-refractivity contribution in [2.75, 3.05) is 51.2 Å². The van der Waals surface area contributed by atoms with Crippen LogP contribution >= 0.6 is 0 Å².